The van der Waals surface area contributed by atoms with Crippen LogP contribution in [-0.4, -0.2) is 35.8 Å². The van der Waals surface area contributed by atoms with Gasteiger partial charge < -0.3 is 16.0 Å². The van der Waals surface area contributed by atoms with Crippen LogP contribution in [0, 0.1) is 5.82 Å². The van der Waals surface area contributed by atoms with Crippen molar-refractivity contribution in [2.45, 2.75) is 18.9 Å². The molecule has 2 aromatic carbocycles. The van der Waals surface area contributed by atoms with Gasteiger partial charge in [0.05, 0.1) is 5.56 Å². The van der Waals surface area contributed by atoms with Crippen LogP contribution in [0.1, 0.15) is 33.6 Å². The van der Waals surface area contributed by atoms with E-state index in [2.05, 4.69) is 5.32 Å². The molecule has 1 aliphatic rings. The van der Waals surface area contributed by atoms with E-state index in [1.54, 1.807) is 41.3 Å². The van der Waals surface area contributed by atoms with Crippen molar-refractivity contribution in [2.75, 3.05) is 18.8 Å². The van der Waals surface area contributed by atoms with Gasteiger partial charge in [-0.15, -0.1) is 12.4 Å². The summed E-state index contributed by atoms with van der Waals surface area (Å²) in [4.78, 5) is 26.2. The number of carbonyl (C=O) groups excluding carboxylic acids is 2. The van der Waals surface area contributed by atoms with Crippen molar-refractivity contribution in [3.63, 3.8) is 0 Å². The Morgan fingerprint density at radius 1 is 1.04 bits per heavy atom. The second kappa shape index (κ2) is 8.67. The molecule has 2 amide bonds. The van der Waals surface area contributed by atoms with Crippen molar-refractivity contribution in [1.29, 1.82) is 0 Å². The Labute approximate surface area is 157 Å². The van der Waals surface area contributed by atoms with Crippen LogP contribution in [0.15, 0.2) is 48.5 Å². The Morgan fingerprint density at radius 2 is 1.65 bits per heavy atom. The maximum Gasteiger partial charge on any atom is 0.256 e. The Balaban J connectivity index is 0.00000243. The topological polar surface area (TPSA) is 75.4 Å². The number of nitrogen functional groups attached to an aromatic ring is 1. The molecule has 3 rings (SSSR count). The lowest BCUT2D eigenvalue weighted by Gasteiger charge is -2.32. The normalized spacial score (nSPS) is 14.4. The highest BCUT2D eigenvalue weighted by atomic mass is 35.5. The maximum atomic E-state index is 13.7. The number of anilines is 1. The van der Waals surface area contributed by atoms with Crippen LogP contribution < -0.4 is 11.1 Å². The number of piperidine rings is 1. The summed E-state index contributed by atoms with van der Waals surface area (Å²) in [5, 5.41) is 2.97. The van der Waals surface area contributed by atoms with Crippen LogP contribution in [0.4, 0.5) is 10.1 Å². The molecule has 1 fully saturated rings. The zero-order valence-electron chi connectivity index (χ0n) is 14.2. The first-order valence-corrected chi connectivity index (χ1v) is 8.25. The Hall–Kier alpha value is -2.60. The lowest BCUT2D eigenvalue weighted by atomic mass is 10.0. The van der Waals surface area contributed by atoms with Gasteiger partial charge in [0.2, 0.25) is 0 Å². The van der Waals surface area contributed by atoms with Crippen LogP contribution in [0.2, 0.25) is 0 Å². The zero-order chi connectivity index (χ0) is 17.8. The van der Waals surface area contributed by atoms with Crippen molar-refractivity contribution >= 4 is 29.9 Å². The molecule has 0 aliphatic carbocycles. The Kier molecular flexibility index (Phi) is 6.58. The molecule has 2 aromatic rings. The molecule has 0 unspecified atom stereocenters. The van der Waals surface area contributed by atoms with Crippen LogP contribution in [0.3, 0.4) is 0 Å². The first kappa shape index (κ1) is 19.7. The molecular formula is C19H21ClFN3O2. The molecule has 0 atom stereocenters. The monoisotopic (exact) mass is 377 g/mol. The highest BCUT2D eigenvalue weighted by Crippen LogP contribution is 2.16. The van der Waals surface area contributed by atoms with E-state index in [0.717, 1.165) is 0 Å². The number of carbonyl (C=O) groups is 2. The predicted molar refractivity (Wildman–Crippen MR) is 101 cm³/mol. The van der Waals surface area contributed by atoms with Gasteiger partial charge in [-0.3, -0.25) is 9.59 Å². The van der Waals surface area contributed by atoms with E-state index >= 15 is 0 Å². The van der Waals surface area contributed by atoms with Gasteiger partial charge in [0.15, 0.2) is 0 Å². The number of benzene rings is 2. The van der Waals surface area contributed by atoms with Gasteiger partial charge in [-0.05, 0) is 49.2 Å². The first-order valence-electron chi connectivity index (χ1n) is 8.25. The molecule has 0 aromatic heterocycles. The van der Waals surface area contributed by atoms with Crippen LogP contribution in [-0.2, 0) is 0 Å². The quantitative estimate of drug-likeness (QED) is 0.807. The number of nitrogens with zero attached hydrogens (tertiary/aromatic N) is 1. The molecule has 1 aliphatic heterocycles. The number of rotatable bonds is 3. The molecule has 5 nitrogen and oxygen atoms in total. The van der Waals surface area contributed by atoms with Crippen molar-refractivity contribution in [1.82, 2.24) is 10.2 Å². The van der Waals surface area contributed by atoms with Crippen molar-refractivity contribution in [3.8, 4) is 0 Å². The second-order valence-electron chi connectivity index (χ2n) is 6.14. The highest BCUT2D eigenvalue weighted by Gasteiger charge is 2.26. The fourth-order valence-corrected chi connectivity index (χ4v) is 2.94. The van der Waals surface area contributed by atoms with E-state index in [0.29, 0.717) is 37.2 Å². The Morgan fingerprint density at radius 3 is 2.27 bits per heavy atom. The minimum Gasteiger partial charge on any atom is -0.399 e. The Bertz CT molecular complexity index is 775. The van der Waals surface area contributed by atoms with Crippen LogP contribution in [0.25, 0.3) is 0 Å². The van der Waals surface area contributed by atoms with Gasteiger partial charge in [-0.2, -0.15) is 0 Å². The van der Waals surface area contributed by atoms with E-state index < -0.39 is 5.82 Å². The van der Waals surface area contributed by atoms with Gasteiger partial charge in [-0.1, -0.05) is 12.1 Å². The first-order chi connectivity index (χ1) is 12.0. The molecule has 0 bridgehead atoms. The van der Waals surface area contributed by atoms with Gasteiger partial charge >= 0.3 is 0 Å². The van der Waals surface area contributed by atoms with Gasteiger partial charge in [0, 0.05) is 30.4 Å². The van der Waals surface area contributed by atoms with Crippen LogP contribution in [0.5, 0.6) is 0 Å². The molecule has 0 radical (unpaired) electrons. The zero-order valence-corrected chi connectivity index (χ0v) is 15.0. The summed E-state index contributed by atoms with van der Waals surface area (Å²) in [6, 6.07) is 12.7. The van der Waals surface area contributed by atoms with Crippen molar-refractivity contribution < 1.29 is 14.0 Å². The number of likely N-dealkylation sites (tertiary alicyclic amines) is 1. The summed E-state index contributed by atoms with van der Waals surface area (Å²) in [6.45, 7) is 0.972. The smallest absolute Gasteiger partial charge is 0.256 e. The largest absolute Gasteiger partial charge is 0.399 e. The molecular weight excluding hydrogens is 357 g/mol. The summed E-state index contributed by atoms with van der Waals surface area (Å²) >= 11 is 0. The third-order valence-electron chi connectivity index (χ3n) is 4.39. The molecule has 138 valence electrons. The standard InChI is InChI=1S/C19H20FN3O2.ClH/c20-17-4-2-1-3-16(17)19(25)23-11-9-15(10-12-23)22-18(24)13-5-7-14(21)8-6-13;/h1-8,15H,9-12,21H2,(H,22,24);1H. The fourth-order valence-electron chi connectivity index (χ4n) is 2.94. The lowest BCUT2D eigenvalue weighted by molar-refractivity contribution is 0.0693. The molecule has 1 saturated heterocycles. The van der Waals surface area contributed by atoms with Gasteiger partial charge in [0.1, 0.15) is 5.82 Å². The predicted octanol–water partition coefficient (Wildman–Crippen LogP) is 2.86. The van der Waals surface area contributed by atoms with E-state index in [4.69, 9.17) is 5.73 Å². The van der Waals surface area contributed by atoms with Crippen molar-refractivity contribution in [3.05, 3.63) is 65.5 Å². The summed E-state index contributed by atoms with van der Waals surface area (Å²) in [5.41, 5.74) is 6.87. The molecule has 1 heterocycles. The lowest BCUT2D eigenvalue weighted by Crippen LogP contribution is -2.46. The number of amides is 2. The van der Waals surface area contributed by atoms with E-state index in [9.17, 15) is 14.0 Å². The molecule has 3 N–H and O–H groups in total. The molecule has 0 saturated carbocycles. The average molecular weight is 378 g/mol. The van der Waals surface area contributed by atoms with E-state index in [1.165, 1.54) is 12.1 Å². The minimum atomic E-state index is -0.508. The molecule has 0 spiro atoms. The molecule has 26 heavy (non-hydrogen) atoms. The summed E-state index contributed by atoms with van der Waals surface area (Å²) in [7, 11) is 0. The average Bonchev–Trinajstić information content (AvgIpc) is 2.63. The summed E-state index contributed by atoms with van der Waals surface area (Å²) in [5.74, 6) is -0.966. The highest BCUT2D eigenvalue weighted by molar-refractivity contribution is 5.95. The third kappa shape index (κ3) is 4.52. The van der Waals surface area contributed by atoms with E-state index in [1.807, 2.05) is 0 Å². The third-order valence-corrected chi connectivity index (χ3v) is 4.39. The number of hydrogen-bond donors (Lipinski definition) is 2. The summed E-state index contributed by atoms with van der Waals surface area (Å²) in [6.07, 6.45) is 1.28. The number of nitrogens with one attached hydrogen (secondary N) is 1. The SMILES string of the molecule is Cl.Nc1ccc(C(=O)NC2CCN(C(=O)c3ccccc3F)CC2)cc1. The van der Waals surface area contributed by atoms with Gasteiger partial charge in [-0.25, -0.2) is 4.39 Å². The van der Waals surface area contributed by atoms with Crippen LogP contribution >= 0.6 is 12.4 Å². The number of nitrogens with two attached hydrogens (primary N) is 1. The van der Waals surface area contributed by atoms with Crippen molar-refractivity contribution in [2.24, 2.45) is 0 Å². The van der Waals surface area contributed by atoms with E-state index in [-0.39, 0.29) is 35.8 Å². The summed E-state index contributed by atoms with van der Waals surface area (Å²) < 4.78 is 13.7. The fraction of sp³-hybridized carbons (Fsp3) is 0.263. The molecule has 7 heteroatoms. The second-order valence-corrected chi connectivity index (χ2v) is 6.14. The van der Waals surface area contributed by atoms with Gasteiger partial charge in [0.25, 0.3) is 11.8 Å². The number of hydrogen-bond acceptors (Lipinski definition) is 3. The maximum absolute atomic E-state index is 13.7. The minimum absolute atomic E-state index is 0. The number of halogens is 2.